The number of hydrogen-bond acceptors (Lipinski definition) is 1. The van der Waals surface area contributed by atoms with Crippen molar-refractivity contribution >= 4 is 0 Å². The Bertz CT molecular complexity index is 504. The van der Waals surface area contributed by atoms with E-state index in [1.807, 2.05) is 0 Å². The van der Waals surface area contributed by atoms with Crippen LogP contribution in [0.5, 0.6) is 0 Å². The number of hydrogen-bond donors (Lipinski definition) is 1. The Morgan fingerprint density at radius 1 is 0.900 bits per heavy atom. The standard InChI is InChI=1S/C19H25N/c1-16-8-6-7-11-19(16)14-15-20-17(2)12-13-18-9-4-3-5-10-18/h3-11,17,20H,12-15H2,1-2H3. The summed E-state index contributed by atoms with van der Waals surface area (Å²) in [5.41, 5.74) is 4.28. The van der Waals surface area contributed by atoms with Gasteiger partial charge in [0, 0.05) is 6.04 Å². The lowest BCUT2D eigenvalue weighted by atomic mass is 10.0. The first-order valence-electron chi connectivity index (χ1n) is 7.57. The summed E-state index contributed by atoms with van der Waals surface area (Å²) in [6.07, 6.45) is 3.46. The molecule has 0 spiro atoms. The van der Waals surface area contributed by atoms with Gasteiger partial charge in [0.05, 0.1) is 0 Å². The van der Waals surface area contributed by atoms with Crippen molar-refractivity contribution < 1.29 is 0 Å². The monoisotopic (exact) mass is 267 g/mol. The molecule has 1 heteroatoms. The van der Waals surface area contributed by atoms with E-state index in [-0.39, 0.29) is 0 Å². The van der Waals surface area contributed by atoms with Crippen molar-refractivity contribution in [2.75, 3.05) is 6.54 Å². The van der Waals surface area contributed by atoms with Gasteiger partial charge in [-0.05, 0) is 56.3 Å². The van der Waals surface area contributed by atoms with Gasteiger partial charge >= 0.3 is 0 Å². The lowest BCUT2D eigenvalue weighted by Crippen LogP contribution is -2.28. The van der Waals surface area contributed by atoms with E-state index < -0.39 is 0 Å². The van der Waals surface area contributed by atoms with E-state index in [2.05, 4.69) is 73.8 Å². The highest BCUT2D eigenvalue weighted by atomic mass is 14.9. The molecule has 0 saturated heterocycles. The second-order valence-electron chi connectivity index (χ2n) is 5.56. The molecular weight excluding hydrogens is 242 g/mol. The van der Waals surface area contributed by atoms with Gasteiger partial charge in [-0.15, -0.1) is 0 Å². The zero-order valence-corrected chi connectivity index (χ0v) is 12.6. The second-order valence-corrected chi connectivity index (χ2v) is 5.56. The number of benzene rings is 2. The van der Waals surface area contributed by atoms with Crippen molar-refractivity contribution in [3.8, 4) is 0 Å². The van der Waals surface area contributed by atoms with Crippen LogP contribution in [-0.4, -0.2) is 12.6 Å². The molecule has 2 aromatic carbocycles. The molecule has 1 nitrogen and oxygen atoms in total. The molecule has 1 unspecified atom stereocenters. The molecule has 0 amide bonds. The van der Waals surface area contributed by atoms with Gasteiger partial charge in [-0.3, -0.25) is 0 Å². The van der Waals surface area contributed by atoms with E-state index in [1.54, 1.807) is 0 Å². The van der Waals surface area contributed by atoms with E-state index in [0.29, 0.717) is 6.04 Å². The molecule has 0 radical (unpaired) electrons. The van der Waals surface area contributed by atoms with Gasteiger partial charge < -0.3 is 5.32 Å². The minimum absolute atomic E-state index is 0.569. The van der Waals surface area contributed by atoms with E-state index in [1.165, 1.54) is 23.1 Å². The molecule has 1 atom stereocenters. The molecule has 0 saturated carbocycles. The van der Waals surface area contributed by atoms with Gasteiger partial charge in [-0.2, -0.15) is 0 Å². The first kappa shape index (κ1) is 14.8. The highest BCUT2D eigenvalue weighted by Gasteiger charge is 2.03. The van der Waals surface area contributed by atoms with Crippen LogP contribution < -0.4 is 5.32 Å². The Balaban J connectivity index is 1.68. The molecule has 0 fully saturated rings. The Labute approximate surface area is 123 Å². The van der Waals surface area contributed by atoms with Crippen molar-refractivity contribution in [2.24, 2.45) is 0 Å². The molecule has 106 valence electrons. The van der Waals surface area contributed by atoms with Crippen molar-refractivity contribution in [1.82, 2.24) is 5.32 Å². The number of aryl methyl sites for hydroxylation is 2. The quantitative estimate of drug-likeness (QED) is 0.794. The molecule has 0 aliphatic heterocycles. The van der Waals surface area contributed by atoms with E-state index in [4.69, 9.17) is 0 Å². The fourth-order valence-corrected chi connectivity index (χ4v) is 2.47. The Morgan fingerprint density at radius 3 is 2.35 bits per heavy atom. The first-order chi connectivity index (χ1) is 9.75. The topological polar surface area (TPSA) is 12.0 Å². The van der Waals surface area contributed by atoms with Crippen LogP contribution in [0.4, 0.5) is 0 Å². The fourth-order valence-electron chi connectivity index (χ4n) is 2.47. The average Bonchev–Trinajstić information content (AvgIpc) is 2.48. The van der Waals surface area contributed by atoms with E-state index >= 15 is 0 Å². The van der Waals surface area contributed by atoms with Crippen LogP contribution in [-0.2, 0) is 12.8 Å². The second kappa shape index (κ2) is 7.86. The van der Waals surface area contributed by atoms with Crippen LogP contribution in [0.15, 0.2) is 54.6 Å². The number of rotatable bonds is 7. The molecule has 20 heavy (non-hydrogen) atoms. The maximum absolute atomic E-state index is 3.63. The Hall–Kier alpha value is -1.60. The fraction of sp³-hybridized carbons (Fsp3) is 0.368. The first-order valence-corrected chi connectivity index (χ1v) is 7.57. The van der Waals surface area contributed by atoms with Gasteiger partial charge in [0.25, 0.3) is 0 Å². The Morgan fingerprint density at radius 2 is 1.60 bits per heavy atom. The third-order valence-electron chi connectivity index (χ3n) is 3.86. The summed E-state index contributed by atoms with van der Waals surface area (Å²) in [5.74, 6) is 0. The van der Waals surface area contributed by atoms with Crippen molar-refractivity contribution in [3.63, 3.8) is 0 Å². The van der Waals surface area contributed by atoms with Gasteiger partial charge in [0.15, 0.2) is 0 Å². The zero-order chi connectivity index (χ0) is 14.2. The molecule has 2 aromatic rings. The molecular formula is C19H25N. The van der Waals surface area contributed by atoms with Crippen molar-refractivity contribution in [3.05, 3.63) is 71.3 Å². The summed E-state index contributed by atoms with van der Waals surface area (Å²) < 4.78 is 0. The smallest absolute Gasteiger partial charge is 0.00420 e. The predicted molar refractivity (Wildman–Crippen MR) is 87.1 cm³/mol. The van der Waals surface area contributed by atoms with Gasteiger partial charge in [0.2, 0.25) is 0 Å². The predicted octanol–water partition coefficient (Wildman–Crippen LogP) is 4.15. The minimum Gasteiger partial charge on any atom is -0.314 e. The average molecular weight is 267 g/mol. The van der Waals surface area contributed by atoms with Gasteiger partial charge in [0.1, 0.15) is 0 Å². The summed E-state index contributed by atoms with van der Waals surface area (Å²) in [5, 5.41) is 3.63. The molecule has 0 aliphatic rings. The van der Waals surface area contributed by atoms with Crippen LogP contribution in [0.2, 0.25) is 0 Å². The van der Waals surface area contributed by atoms with Crippen LogP contribution in [0.3, 0.4) is 0 Å². The third kappa shape index (κ3) is 4.82. The summed E-state index contributed by atoms with van der Waals surface area (Å²) >= 11 is 0. The maximum atomic E-state index is 3.63. The zero-order valence-electron chi connectivity index (χ0n) is 12.6. The molecule has 0 heterocycles. The molecule has 2 rings (SSSR count). The van der Waals surface area contributed by atoms with Crippen molar-refractivity contribution in [1.29, 1.82) is 0 Å². The van der Waals surface area contributed by atoms with E-state index in [0.717, 1.165) is 19.4 Å². The lowest BCUT2D eigenvalue weighted by Gasteiger charge is -2.14. The SMILES string of the molecule is Cc1ccccc1CCNC(C)CCc1ccccc1. The highest BCUT2D eigenvalue weighted by molar-refractivity contribution is 5.25. The minimum atomic E-state index is 0.569. The van der Waals surface area contributed by atoms with Crippen molar-refractivity contribution in [2.45, 2.75) is 39.2 Å². The van der Waals surface area contributed by atoms with Crippen LogP contribution in [0, 0.1) is 6.92 Å². The van der Waals surface area contributed by atoms with Crippen LogP contribution in [0.1, 0.15) is 30.0 Å². The molecule has 0 bridgehead atoms. The molecule has 0 aliphatic carbocycles. The molecule has 0 aromatic heterocycles. The largest absolute Gasteiger partial charge is 0.314 e. The normalized spacial score (nSPS) is 12.3. The van der Waals surface area contributed by atoms with Crippen LogP contribution >= 0.6 is 0 Å². The Kier molecular flexibility index (Phi) is 5.82. The van der Waals surface area contributed by atoms with E-state index in [9.17, 15) is 0 Å². The molecule has 1 N–H and O–H groups in total. The third-order valence-corrected chi connectivity index (χ3v) is 3.86. The summed E-state index contributed by atoms with van der Waals surface area (Å²) in [6, 6.07) is 19.9. The van der Waals surface area contributed by atoms with Gasteiger partial charge in [-0.25, -0.2) is 0 Å². The highest BCUT2D eigenvalue weighted by Crippen LogP contribution is 2.08. The summed E-state index contributed by atoms with van der Waals surface area (Å²) in [7, 11) is 0. The lowest BCUT2D eigenvalue weighted by molar-refractivity contribution is 0.517. The van der Waals surface area contributed by atoms with Crippen LogP contribution in [0.25, 0.3) is 0 Å². The van der Waals surface area contributed by atoms with Gasteiger partial charge in [-0.1, -0.05) is 54.6 Å². The maximum Gasteiger partial charge on any atom is 0.00420 e. The number of nitrogens with one attached hydrogen (secondary N) is 1. The summed E-state index contributed by atoms with van der Waals surface area (Å²) in [6.45, 7) is 5.52. The summed E-state index contributed by atoms with van der Waals surface area (Å²) in [4.78, 5) is 0.